The molecular formula is C29H48O4. The molecule has 2 N–H and O–H groups in total. The van der Waals surface area contributed by atoms with Crippen LogP contribution in [0.15, 0.2) is 12.1 Å². The van der Waals surface area contributed by atoms with E-state index in [9.17, 15) is 19.8 Å². The molecule has 0 atom stereocenters. The normalized spacial score (nSPS) is 11.3. The van der Waals surface area contributed by atoms with Gasteiger partial charge in [0.15, 0.2) is 0 Å². The number of aromatic carboxylic acids is 2. The maximum absolute atomic E-state index is 11.9. The third kappa shape index (κ3) is 12.3. The zero-order chi connectivity index (χ0) is 24.5. The first-order valence-electron chi connectivity index (χ1n) is 13.5. The second kappa shape index (κ2) is 17.6. The Balaban J connectivity index is 2.32. The van der Waals surface area contributed by atoms with E-state index in [1.54, 1.807) is 0 Å². The monoisotopic (exact) mass is 460 g/mol. The van der Waals surface area contributed by atoms with Crippen LogP contribution in [0.1, 0.15) is 149 Å². The lowest BCUT2D eigenvalue weighted by atomic mass is 9.89. The first-order valence-corrected chi connectivity index (χ1v) is 13.5. The lowest BCUT2D eigenvalue weighted by Gasteiger charge is -2.15. The van der Waals surface area contributed by atoms with E-state index in [1.165, 1.54) is 76.7 Å². The largest absolute Gasteiger partial charge is 0.478 e. The summed E-state index contributed by atoms with van der Waals surface area (Å²) < 4.78 is 0. The van der Waals surface area contributed by atoms with E-state index in [0.29, 0.717) is 6.42 Å². The van der Waals surface area contributed by atoms with Crippen LogP contribution in [0.3, 0.4) is 0 Å². The van der Waals surface area contributed by atoms with Crippen molar-refractivity contribution in [2.45, 2.75) is 130 Å². The second-order valence-corrected chi connectivity index (χ2v) is 10.0. The molecule has 0 aliphatic heterocycles. The Bertz CT molecular complexity index is 693. The fourth-order valence-electron chi connectivity index (χ4n) is 4.62. The van der Waals surface area contributed by atoms with Crippen molar-refractivity contribution in [3.05, 3.63) is 34.4 Å². The van der Waals surface area contributed by atoms with Gasteiger partial charge >= 0.3 is 11.9 Å². The molecule has 33 heavy (non-hydrogen) atoms. The number of unbranched alkanes of at least 4 members (excludes halogenated alkanes) is 12. The Morgan fingerprint density at radius 1 is 0.697 bits per heavy atom. The van der Waals surface area contributed by atoms with Crippen LogP contribution >= 0.6 is 0 Å². The van der Waals surface area contributed by atoms with Crippen LogP contribution in [0.25, 0.3) is 0 Å². The minimum Gasteiger partial charge on any atom is -0.478 e. The standard InChI is InChI=1S/C29H48O4/c1-4-5-19-24-21-22-26(28(30)31)27(29(32)33)25(24)20-17-15-13-11-9-7-6-8-10-12-14-16-18-23(2)3/h21-23H,4-20H2,1-3H3,(H,30,31)(H,32,33). The molecule has 0 unspecified atom stereocenters. The third-order valence-corrected chi connectivity index (χ3v) is 6.61. The molecule has 0 saturated carbocycles. The van der Waals surface area contributed by atoms with Crippen LogP contribution in [0.5, 0.6) is 0 Å². The summed E-state index contributed by atoms with van der Waals surface area (Å²) in [5.74, 6) is -1.45. The van der Waals surface area contributed by atoms with Crippen LogP contribution < -0.4 is 0 Å². The van der Waals surface area contributed by atoms with Gasteiger partial charge in [-0.3, -0.25) is 0 Å². The fraction of sp³-hybridized carbons (Fsp3) is 0.724. The number of carboxylic acids is 2. The average Bonchev–Trinajstić information content (AvgIpc) is 2.77. The molecule has 0 saturated heterocycles. The lowest BCUT2D eigenvalue weighted by Crippen LogP contribution is -2.14. The Hall–Kier alpha value is -1.84. The minimum absolute atomic E-state index is 0.000286. The van der Waals surface area contributed by atoms with Gasteiger partial charge in [0.1, 0.15) is 0 Å². The highest BCUT2D eigenvalue weighted by atomic mass is 16.4. The first kappa shape index (κ1) is 29.2. The number of carboxylic acid groups (broad SMARTS) is 2. The van der Waals surface area contributed by atoms with Gasteiger partial charge < -0.3 is 10.2 Å². The summed E-state index contributed by atoms with van der Waals surface area (Å²) in [6.45, 7) is 6.71. The summed E-state index contributed by atoms with van der Waals surface area (Å²) >= 11 is 0. The van der Waals surface area contributed by atoms with Gasteiger partial charge in [-0.05, 0) is 48.8 Å². The van der Waals surface area contributed by atoms with E-state index in [4.69, 9.17) is 0 Å². The van der Waals surface area contributed by atoms with Crippen LogP contribution in [0, 0.1) is 5.92 Å². The molecule has 0 fully saturated rings. The second-order valence-electron chi connectivity index (χ2n) is 10.0. The predicted octanol–water partition coefficient (Wildman–Crippen LogP) is 8.70. The molecule has 1 aromatic carbocycles. The Kier molecular flexibility index (Phi) is 15.6. The minimum atomic E-state index is -1.16. The van der Waals surface area contributed by atoms with Crippen molar-refractivity contribution in [2.24, 2.45) is 5.92 Å². The molecule has 0 aliphatic rings. The maximum atomic E-state index is 11.9. The SMILES string of the molecule is CCCCc1ccc(C(=O)O)c(C(=O)O)c1CCCCCCCCCCCCCCC(C)C. The van der Waals surface area contributed by atoms with Gasteiger partial charge in [-0.15, -0.1) is 0 Å². The summed E-state index contributed by atoms with van der Waals surface area (Å²) in [5.41, 5.74) is 1.66. The molecule has 0 amide bonds. The van der Waals surface area contributed by atoms with Gasteiger partial charge in [-0.2, -0.15) is 0 Å². The number of rotatable bonds is 20. The number of carbonyl (C=O) groups is 2. The highest BCUT2D eigenvalue weighted by Crippen LogP contribution is 2.24. The molecule has 188 valence electrons. The Morgan fingerprint density at radius 3 is 1.67 bits per heavy atom. The van der Waals surface area contributed by atoms with E-state index in [-0.39, 0.29) is 11.1 Å². The Labute approximate surface area is 202 Å². The van der Waals surface area contributed by atoms with Crippen molar-refractivity contribution in [3.63, 3.8) is 0 Å². The molecule has 0 spiro atoms. The molecule has 1 rings (SSSR count). The van der Waals surface area contributed by atoms with Crippen molar-refractivity contribution in [3.8, 4) is 0 Å². The molecule has 0 aromatic heterocycles. The van der Waals surface area contributed by atoms with Crippen molar-refractivity contribution in [1.82, 2.24) is 0 Å². The quantitative estimate of drug-likeness (QED) is 0.191. The van der Waals surface area contributed by atoms with Crippen molar-refractivity contribution in [2.75, 3.05) is 0 Å². The molecule has 4 nitrogen and oxygen atoms in total. The highest BCUT2D eigenvalue weighted by molar-refractivity contribution is 6.03. The smallest absolute Gasteiger partial charge is 0.336 e. The first-order chi connectivity index (χ1) is 15.9. The van der Waals surface area contributed by atoms with Gasteiger partial charge in [0.05, 0.1) is 11.1 Å². The Morgan fingerprint density at radius 2 is 1.21 bits per heavy atom. The van der Waals surface area contributed by atoms with E-state index in [0.717, 1.165) is 49.1 Å². The van der Waals surface area contributed by atoms with Gasteiger partial charge in [0.25, 0.3) is 0 Å². The topological polar surface area (TPSA) is 74.6 Å². The van der Waals surface area contributed by atoms with E-state index >= 15 is 0 Å². The highest BCUT2D eigenvalue weighted by Gasteiger charge is 2.22. The van der Waals surface area contributed by atoms with E-state index in [2.05, 4.69) is 20.8 Å². The number of hydrogen-bond acceptors (Lipinski definition) is 2. The molecular weight excluding hydrogens is 412 g/mol. The molecule has 4 heteroatoms. The average molecular weight is 461 g/mol. The van der Waals surface area contributed by atoms with Crippen LogP contribution in [0.2, 0.25) is 0 Å². The fourth-order valence-corrected chi connectivity index (χ4v) is 4.62. The summed E-state index contributed by atoms with van der Waals surface area (Å²) in [7, 11) is 0. The molecule has 0 radical (unpaired) electrons. The van der Waals surface area contributed by atoms with E-state index in [1.807, 2.05) is 6.07 Å². The lowest BCUT2D eigenvalue weighted by molar-refractivity contribution is 0.0650. The third-order valence-electron chi connectivity index (χ3n) is 6.61. The molecule has 0 heterocycles. The van der Waals surface area contributed by atoms with Crippen molar-refractivity contribution in [1.29, 1.82) is 0 Å². The summed E-state index contributed by atoms with van der Waals surface area (Å²) in [6.07, 6.45) is 20.0. The predicted molar refractivity (Wildman–Crippen MR) is 138 cm³/mol. The van der Waals surface area contributed by atoms with Crippen molar-refractivity contribution < 1.29 is 19.8 Å². The summed E-state index contributed by atoms with van der Waals surface area (Å²) in [5, 5.41) is 19.2. The summed E-state index contributed by atoms with van der Waals surface area (Å²) in [4.78, 5) is 23.4. The molecule has 0 bridgehead atoms. The van der Waals surface area contributed by atoms with Crippen LogP contribution in [-0.4, -0.2) is 22.2 Å². The van der Waals surface area contributed by atoms with Crippen LogP contribution in [0.4, 0.5) is 0 Å². The zero-order valence-corrected chi connectivity index (χ0v) is 21.5. The van der Waals surface area contributed by atoms with Gasteiger partial charge in [0, 0.05) is 0 Å². The molecule has 0 aliphatic carbocycles. The van der Waals surface area contributed by atoms with Gasteiger partial charge in [-0.25, -0.2) is 9.59 Å². The maximum Gasteiger partial charge on any atom is 0.336 e. The van der Waals surface area contributed by atoms with Crippen LogP contribution in [-0.2, 0) is 12.8 Å². The molecule has 1 aromatic rings. The number of hydrogen-bond donors (Lipinski definition) is 2. The summed E-state index contributed by atoms with van der Waals surface area (Å²) in [6, 6.07) is 3.29. The number of benzene rings is 1. The van der Waals surface area contributed by atoms with Crippen molar-refractivity contribution >= 4 is 11.9 Å². The van der Waals surface area contributed by atoms with E-state index < -0.39 is 11.9 Å². The van der Waals surface area contributed by atoms with Gasteiger partial charge in [0.2, 0.25) is 0 Å². The number of aryl methyl sites for hydroxylation is 1. The zero-order valence-electron chi connectivity index (χ0n) is 21.5. The van der Waals surface area contributed by atoms with Gasteiger partial charge in [-0.1, -0.05) is 110 Å².